The zero-order chi connectivity index (χ0) is 11.5. The number of nitrogens with zero attached hydrogens (tertiary/aromatic N) is 3. The largest absolute Gasteiger partial charge is 0.383 e. The summed E-state index contributed by atoms with van der Waals surface area (Å²) in [5.41, 5.74) is 5.76. The summed E-state index contributed by atoms with van der Waals surface area (Å²) in [6.45, 7) is 4.45. The lowest BCUT2D eigenvalue weighted by Gasteiger charge is -2.34. The zero-order valence-electron chi connectivity index (χ0n) is 9.51. The highest BCUT2D eigenvalue weighted by Gasteiger charge is 2.20. The molecule has 1 aliphatic heterocycles. The van der Waals surface area contributed by atoms with Gasteiger partial charge in [0.15, 0.2) is 5.16 Å². The number of nitrogen functional groups attached to an aromatic ring is 1. The van der Waals surface area contributed by atoms with Gasteiger partial charge < -0.3 is 15.4 Å². The third-order valence-corrected chi connectivity index (χ3v) is 3.10. The molecule has 0 radical (unpaired) electrons. The number of hydrogen-bond donors (Lipinski definition) is 1. The van der Waals surface area contributed by atoms with Crippen LogP contribution in [0, 0.1) is 0 Å². The summed E-state index contributed by atoms with van der Waals surface area (Å²) in [5, 5.41) is 0.716. The van der Waals surface area contributed by atoms with E-state index in [4.69, 9.17) is 10.5 Å². The van der Waals surface area contributed by atoms with Gasteiger partial charge in [-0.25, -0.2) is 9.97 Å². The van der Waals surface area contributed by atoms with Crippen LogP contribution in [0.25, 0.3) is 0 Å². The number of rotatable bonds is 2. The van der Waals surface area contributed by atoms with Gasteiger partial charge in [-0.2, -0.15) is 0 Å². The van der Waals surface area contributed by atoms with Gasteiger partial charge in [-0.1, -0.05) is 11.8 Å². The molecule has 0 spiro atoms. The Balaban J connectivity index is 2.27. The van der Waals surface area contributed by atoms with Gasteiger partial charge in [-0.3, -0.25) is 0 Å². The van der Waals surface area contributed by atoms with Crippen LogP contribution >= 0.6 is 11.8 Å². The van der Waals surface area contributed by atoms with Gasteiger partial charge in [-0.05, 0) is 13.2 Å². The minimum absolute atomic E-state index is 0.331. The fourth-order valence-corrected chi connectivity index (χ4v) is 2.12. The maximum Gasteiger partial charge on any atom is 0.191 e. The summed E-state index contributed by atoms with van der Waals surface area (Å²) in [7, 11) is 0. The molecule has 1 atom stereocenters. The molecule has 2 heterocycles. The minimum atomic E-state index is 0.331. The topological polar surface area (TPSA) is 64.3 Å². The van der Waals surface area contributed by atoms with Crippen molar-refractivity contribution in [2.75, 3.05) is 36.6 Å². The molecule has 2 rings (SSSR count). The average Bonchev–Trinajstić information content (AvgIpc) is 2.28. The highest BCUT2D eigenvalue weighted by molar-refractivity contribution is 7.98. The highest BCUT2D eigenvalue weighted by atomic mass is 32.2. The quantitative estimate of drug-likeness (QED) is 0.615. The van der Waals surface area contributed by atoms with E-state index >= 15 is 0 Å². The molecule has 5 nitrogen and oxygen atoms in total. The van der Waals surface area contributed by atoms with Crippen LogP contribution in [0.3, 0.4) is 0 Å². The molecule has 1 fully saturated rings. The summed E-state index contributed by atoms with van der Waals surface area (Å²) in [6.07, 6.45) is 1.95. The second-order valence-corrected chi connectivity index (χ2v) is 4.53. The predicted molar refractivity (Wildman–Crippen MR) is 65.9 cm³/mol. The second-order valence-electron chi connectivity index (χ2n) is 3.76. The Morgan fingerprint density at radius 1 is 1.56 bits per heavy atom. The van der Waals surface area contributed by atoms with Crippen molar-refractivity contribution in [1.29, 1.82) is 0 Å². The van der Waals surface area contributed by atoms with Crippen LogP contribution in [-0.4, -0.2) is 42.0 Å². The van der Waals surface area contributed by atoms with Crippen molar-refractivity contribution >= 4 is 23.4 Å². The summed E-state index contributed by atoms with van der Waals surface area (Å²) >= 11 is 1.50. The maximum absolute atomic E-state index is 5.76. The molecule has 0 bridgehead atoms. The van der Waals surface area contributed by atoms with E-state index in [1.54, 1.807) is 0 Å². The van der Waals surface area contributed by atoms with Gasteiger partial charge in [-0.15, -0.1) is 0 Å². The predicted octanol–water partition coefficient (Wildman–Crippen LogP) is 1.01. The summed E-state index contributed by atoms with van der Waals surface area (Å²) in [4.78, 5) is 10.8. The first-order valence-corrected chi connectivity index (χ1v) is 6.46. The van der Waals surface area contributed by atoms with Crippen molar-refractivity contribution < 1.29 is 4.74 Å². The SMILES string of the molecule is CSc1nc(N)cc(N2CCOCC2C)n1. The maximum atomic E-state index is 5.76. The van der Waals surface area contributed by atoms with Gasteiger partial charge in [0, 0.05) is 12.6 Å². The first-order valence-electron chi connectivity index (χ1n) is 5.23. The fraction of sp³-hybridized carbons (Fsp3) is 0.600. The zero-order valence-corrected chi connectivity index (χ0v) is 10.3. The van der Waals surface area contributed by atoms with Crippen molar-refractivity contribution in [3.8, 4) is 0 Å². The summed E-state index contributed by atoms with van der Waals surface area (Å²) < 4.78 is 5.40. The Hall–Kier alpha value is -1.01. The Kier molecular flexibility index (Phi) is 3.50. The Morgan fingerprint density at radius 3 is 3.06 bits per heavy atom. The van der Waals surface area contributed by atoms with Crippen LogP contribution < -0.4 is 10.6 Å². The van der Waals surface area contributed by atoms with E-state index in [-0.39, 0.29) is 0 Å². The highest BCUT2D eigenvalue weighted by Crippen LogP contribution is 2.21. The van der Waals surface area contributed by atoms with Gasteiger partial charge >= 0.3 is 0 Å². The lowest BCUT2D eigenvalue weighted by atomic mass is 10.2. The van der Waals surface area contributed by atoms with Crippen LogP contribution in [0.4, 0.5) is 11.6 Å². The summed E-state index contributed by atoms with van der Waals surface area (Å²) in [5.74, 6) is 1.42. The van der Waals surface area contributed by atoms with Gasteiger partial charge in [0.05, 0.1) is 19.3 Å². The number of anilines is 2. The molecular weight excluding hydrogens is 224 g/mol. The van der Waals surface area contributed by atoms with Crippen molar-refractivity contribution in [3.63, 3.8) is 0 Å². The molecule has 16 heavy (non-hydrogen) atoms. The fourth-order valence-electron chi connectivity index (χ4n) is 1.74. The third kappa shape index (κ3) is 2.38. The number of nitrogens with two attached hydrogens (primary N) is 1. The van der Waals surface area contributed by atoms with Gasteiger partial charge in [0.2, 0.25) is 0 Å². The van der Waals surface area contributed by atoms with Crippen LogP contribution in [-0.2, 0) is 4.74 Å². The smallest absolute Gasteiger partial charge is 0.191 e. The van der Waals surface area contributed by atoms with E-state index in [1.807, 2.05) is 12.3 Å². The molecule has 0 aliphatic carbocycles. The molecule has 6 heteroatoms. The molecule has 88 valence electrons. The molecule has 1 unspecified atom stereocenters. The number of thioether (sulfide) groups is 1. The monoisotopic (exact) mass is 240 g/mol. The Bertz CT molecular complexity index is 374. The van der Waals surface area contributed by atoms with E-state index in [0.717, 1.165) is 25.6 Å². The van der Waals surface area contributed by atoms with E-state index in [2.05, 4.69) is 21.8 Å². The Labute approximate surface area is 99.4 Å². The van der Waals surface area contributed by atoms with Crippen molar-refractivity contribution in [3.05, 3.63) is 6.07 Å². The van der Waals surface area contributed by atoms with Crippen molar-refractivity contribution in [1.82, 2.24) is 9.97 Å². The van der Waals surface area contributed by atoms with E-state index in [1.165, 1.54) is 11.8 Å². The van der Waals surface area contributed by atoms with E-state index < -0.39 is 0 Å². The van der Waals surface area contributed by atoms with Crippen molar-refractivity contribution in [2.24, 2.45) is 0 Å². The lowest BCUT2D eigenvalue weighted by molar-refractivity contribution is 0.0984. The molecular formula is C10H16N4OS. The third-order valence-electron chi connectivity index (χ3n) is 2.56. The number of aromatic nitrogens is 2. The summed E-state index contributed by atoms with van der Waals surface area (Å²) in [6, 6.07) is 2.15. The normalized spacial score (nSPS) is 21.1. The number of ether oxygens (including phenoxy) is 1. The molecule has 2 N–H and O–H groups in total. The van der Waals surface area contributed by atoms with Crippen LogP contribution in [0.1, 0.15) is 6.92 Å². The van der Waals surface area contributed by atoms with Crippen molar-refractivity contribution in [2.45, 2.75) is 18.1 Å². The standard InChI is InChI=1S/C10H16N4OS/c1-7-6-15-4-3-14(7)9-5-8(11)12-10(13-9)16-2/h5,7H,3-4,6H2,1-2H3,(H2,11,12,13). The first-order chi connectivity index (χ1) is 7.70. The van der Waals surface area contributed by atoms with Crippen LogP contribution in [0.2, 0.25) is 0 Å². The lowest BCUT2D eigenvalue weighted by Crippen LogP contribution is -2.44. The molecule has 1 aliphatic rings. The number of hydrogen-bond acceptors (Lipinski definition) is 6. The van der Waals surface area contributed by atoms with Gasteiger partial charge in [0.25, 0.3) is 0 Å². The van der Waals surface area contributed by atoms with E-state index in [9.17, 15) is 0 Å². The molecule has 0 aromatic carbocycles. The van der Waals surface area contributed by atoms with Crippen LogP contribution in [0.5, 0.6) is 0 Å². The molecule has 1 saturated heterocycles. The first kappa shape index (κ1) is 11.5. The Morgan fingerprint density at radius 2 is 2.38 bits per heavy atom. The second kappa shape index (κ2) is 4.88. The molecule has 1 aromatic heterocycles. The number of morpholine rings is 1. The van der Waals surface area contributed by atoms with E-state index in [0.29, 0.717) is 17.0 Å². The molecule has 1 aromatic rings. The average molecular weight is 240 g/mol. The molecule has 0 saturated carbocycles. The van der Waals surface area contributed by atoms with Gasteiger partial charge in [0.1, 0.15) is 11.6 Å². The molecule has 0 amide bonds. The van der Waals surface area contributed by atoms with Crippen LogP contribution in [0.15, 0.2) is 11.2 Å². The minimum Gasteiger partial charge on any atom is -0.383 e.